The second-order valence-electron chi connectivity index (χ2n) is 6.49. The molecule has 2 aromatic rings. The number of fused-ring (bicyclic) bond motifs is 1. The number of pyridine rings is 1. The van der Waals surface area contributed by atoms with E-state index < -0.39 is 0 Å². The zero-order valence-corrected chi connectivity index (χ0v) is 13.8. The summed E-state index contributed by atoms with van der Waals surface area (Å²) in [5.74, 6) is 0.852. The minimum absolute atomic E-state index is 0.162. The van der Waals surface area contributed by atoms with Crippen LogP contribution >= 0.6 is 11.8 Å². The lowest BCUT2D eigenvalue weighted by Gasteiger charge is -2.25. The minimum Gasteiger partial charge on any atom is -0.328 e. The summed E-state index contributed by atoms with van der Waals surface area (Å²) in [5, 5.41) is 1.91. The third kappa shape index (κ3) is 3.43. The Bertz CT molecular complexity index is 605. The molecule has 1 saturated carbocycles. The number of hydrogen-bond acceptors (Lipinski definition) is 3. The zero-order chi connectivity index (χ0) is 14.8. The maximum atomic E-state index is 6.05. The first-order chi connectivity index (χ1) is 10.1. The van der Waals surface area contributed by atoms with Crippen LogP contribution in [0.15, 0.2) is 29.4 Å². The van der Waals surface area contributed by atoms with Gasteiger partial charge >= 0.3 is 0 Å². The Labute approximate surface area is 131 Å². The Hall–Kier alpha value is -1.00. The van der Waals surface area contributed by atoms with Gasteiger partial charge in [0, 0.05) is 23.9 Å². The van der Waals surface area contributed by atoms with Crippen LogP contribution in [0.25, 0.3) is 5.65 Å². The van der Waals surface area contributed by atoms with Gasteiger partial charge in [-0.2, -0.15) is 0 Å². The summed E-state index contributed by atoms with van der Waals surface area (Å²) < 4.78 is 2.21. The van der Waals surface area contributed by atoms with Crippen molar-refractivity contribution < 1.29 is 0 Å². The van der Waals surface area contributed by atoms with Crippen molar-refractivity contribution in [2.75, 3.05) is 0 Å². The van der Waals surface area contributed by atoms with Crippen LogP contribution < -0.4 is 5.73 Å². The third-order valence-corrected chi connectivity index (χ3v) is 5.59. The molecule has 114 valence electrons. The molecule has 2 heterocycles. The molecule has 1 aliphatic carbocycles. The fraction of sp³-hybridized carbons (Fsp3) is 0.588. The highest BCUT2D eigenvalue weighted by Crippen LogP contribution is 2.37. The van der Waals surface area contributed by atoms with Crippen molar-refractivity contribution >= 4 is 17.4 Å². The molecule has 2 aromatic heterocycles. The molecular formula is C17H25N3S. The van der Waals surface area contributed by atoms with E-state index in [1.54, 1.807) is 0 Å². The lowest BCUT2D eigenvalue weighted by molar-refractivity contribution is 0.394. The molecule has 0 aromatic carbocycles. The number of hydrogen-bond donors (Lipinski definition) is 1. The maximum Gasteiger partial charge on any atom is 0.138 e. The first-order valence-corrected chi connectivity index (χ1v) is 8.89. The Morgan fingerprint density at radius 2 is 2.29 bits per heavy atom. The number of rotatable bonds is 4. The predicted molar refractivity (Wildman–Crippen MR) is 89.8 cm³/mol. The highest BCUT2D eigenvalue weighted by Gasteiger charge is 2.23. The fourth-order valence-electron chi connectivity index (χ4n) is 3.25. The first kappa shape index (κ1) is 14.9. The predicted octanol–water partition coefficient (Wildman–Crippen LogP) is 3.89. The molecule has 3 atom stereocenters. The lowest BCUT2D eigenvalue weighted by Crippen LogP contribution is -2.20. The van der Waals surface area contributed by atoms with Gasteiger partial charge in [0.1, 0.15) is 10.7 Å². The molecule has 4 heteroatoms. The molecule has 2 N–H and O–H groups in total. The van der Waals surface area contributed by atoms with Gasteiger partial charge in [0.2, 0.25) is 0 Å². The molecule has 0 aliphatic heterocycles. The molecule has 0 amide bonds. The average molecular weight is 303 g/mol. The highest BCUT2D eigenvalue weighted by molar-refractivity contribution is 7.99. The van der Waals surface area contributed by atoms with Gasteiger partial charge in [0.15, 0.2) is 0 Å². The second kappa shape index (κ2) is 6.41. The fourth-order valence-corrected chi connectivity index (χ4v) is 4.74. The highest BCUT2D eigenvalue weighted by atomic mass is 32.2. The average Bonchev–Trinajstić information content (AvgIpc) is 2.76. The summed E-state index contributed by atoms with van der Waals surface area (Å²) in [6.45, 7) is 4.44. The Balaban J connectivity index is 1.89. The quantitative estimate of drug-likeness (QED) is 0.931. The van der Waals surface area contributed by atoms with Crippen LogP contribution in [0, 0.1) is 5.92 Å². The zero-order valence-electron chi connectivity index (χ0n) is 13.0. The van der Waals surface area contributed by atoms with Crippen molar-refractivity contribution in [2.45, 2.75) is 62.3 Å². The largest absolute Gasteiger partial charge is 0.328 e. The van der Waals surface area contributed by atoms with Crippen LogP contribution in [0.3, 0.4) is 0 Å². The summed E-state index contributed by atoms with van der Waals surface area (Å²) in [4.78, 5) is 4.86. The van der Waals surface area contributed by atoms with Crippen LogP contribution in [-0.4, -0.2) is 20.7 Å². The van der Waals surface area contributed by atoms with E-state index in [1.807, 2.05) is 11.8 Å². The molecule has 0 spiro atoms. The van der Waals surface area contributed by atoms with E-state index in [2.05, 4.69) is 42.6 Å². The van der Waals surface area contributed by atoms with E-state index in [4.69, 9.17) is 10.7 Å². The summed E-state index contributed by atoms with van der Waals surface area (Å²) in [6.07, 6.45) is 8.36. The topological polar surface area (TPSA) is 43.3 Å². The van der Waals surface area contributed by atoms with Gasteiger partial charge < -0.3 is 10.1 Å². The lowest BCUT2D eigenvalue weighted by atomic mass is 9.91. The number of aromatic nitrogens is 2. The van der Waals surface area contributed by atoms with E-state index in [0.29, 0.717) is 5.25 Å². The number of imidazole rings is 1. The van der Waals surface area contributed by atoms with Crippen molar-refractivity contribution in [3.05, 3.63) is 30.1 Å². The standard InChI is InChI=1S/C17H25N3S/c1-12-6-5-7-14(10-12)21-17-15(11-13(2)18)20-9-4-3-8-16(20)19-17/h3-4,8-9,12-14H,5-7,10-11,18H2,1-2H3. The summed E-state index contributed by atoms with van der Waals surface area (Å²) in [6, 6.07) is 6.36. The molecule has 0 radical (unpaired) electrons. The number of nitrogens with zero attached hydrogens (tertiary/aromatic N) is 2. The molecule has 0 bridgehead atoms. The van der Waals surface area contributed by atoms with Gasteiger partial charge in [-0.3, -0.25) is 0 Å². The van der Waals surface area contributed by atoms with Crippen LogP contribution in [-0.2, 0) is 6.42 Å². The number of nitrogens with two attached hydrogens (primary N) is 1. The third-order valence-electron chi connectivity index (χ3n) is 4.27. The van der Waals surface area contributed by atoms with Crippen LogP contribution in [0.5, 0.6) is 0 Å². The molecule has 3 unspecified atom stereocenters. The molecule has 1 fully saturated rings. The number of thioether (sulfide) groups is 1. The Kier molecular flexibility index (Phi) is 4.55. The SMILES string of the molecule is CC(N)Cc1c(SC2CCCC(C)C2)nc2ccccn12. The summed E-state index contributed by atoms with van der Waals surface area (Å²) in [7, 11) is 0. The van der Waals surface area contributed by atoms with Crippen molar-refractivity contribution in [2.24, 2.45) is 11.7 Å². The normalized spacial score (nSPS) is 24.3. The van der Waals surface area contributed by atoms with Gasteiger partial charge in [-0.1, -0.05) is 25.8 Å². The van der Waals surface area contributed by atoms with Gasteiger partial charge in [-0.05, 0) is 37.8 Å². The van der Waals surface area contributed by atoms with Crippen molar-refractivity contribution in [1.29, 1.82) is 0 Å². The van der Waals surface area contributed by atoms with Crippen molar-refractivity contribution in [3.63, 3.8) is 0 Å². The maximum absolute atomic E-state index is 6.05. The smallest absolute Gasteiger partial charge is 0.138 e. The second-order valence-corrected chi connectivity index (χ2v) is 7.77. The van der Waals surface area contributed by atoms with Crippen LogP contribution in [0.2, 0.25) is 0 Å². The first-order valence-electron chi connectivity index (χ1n) is 8.01. The molecular weight excluding hydrogens is 278 g/mol. The van der Waals surface area contributed by atoms with Crippen molar-refractivity contribution in [3.8, 4) is 0 Å². The van der Waals surface area contributed by atoms with E-state index in [9.17, 15) is 0 Å². The van der Waals surface area contributed by atoms with Crippen LogP contribution in [0.4, 0.5) is 0 Å². The monoisotopic (exact) mass is 303 g/mol. The van der Waals surface area contributed by atoms with E-state index in [-0.39, 0.29) is 6.04 Å². The van der Waals surface area contributed by atoms with Gasteiger partial charge in [0.25, 0.3) is 0 Å². The Morgan fingerprint density at radius 1 is 1.43 bits per heavy atom. The summed E-state index contributed by atoms with van der Waals surface area (Å²) in [5.41, 5.74) is 8.37. The van der Waals surface area contributed by atoms with Crippen molar-refractivity contribution in [1.82, 2.24) is 9.38 Å². The Morgan fingerprint density at radius 3 is 3.05 bits per heavy atom. The van der Waals surface area contributed by atoms with E-state index in [1.165, 1.54) is 36.4 Å². The van der Waals surface area contributed by atoms with E-state index in [0.717, 1.165) is 18.0 Å². The minimum atomic E-state index is 0.162. The van der Waals surface area contributed by atoms with Gasteiger partial charge in [-0.15, -0.1) is 11.8 Å². The molecule has 21 heavy (non-hydrogen) atoms. The van der Waals surface area contributed by atoms with E-state index >= 15 is 0 Å². The van der Waals surface area contributed by atoms with Gasteiger partial charge in [0.05, 0.1) is 5.69 Å². The molecule has 3 rings (SSSR count). The van der Waals surface area contributed by atoms with Gasteiger partial charge in [-0.25, -0.2) is 4.98 Å². The van der Waals surface area contributed by atoms with Crippen LogP contribution in [0.1, 0.15) is 45.2 Å². The molecule has 1 aliphatic rings. The summed E-state index contributed by atoms with van der Waals surface area (Å²) >= 11 is 1.98. The molecule has 0 saturated heterocycles. The molecule has 3 nitrogen and oxygen atoms in total.